The zero-order valence-corrected chi connectivity index (χ0v) is 12.6. The minimum absolute atomic E-state index is 0. The molecule has 1 aliphatic rings. The molecule has 3 nitrogen and oxygen atoms in total. The van der Waals surface area contributed by atoms with Crippen LogP contribution in [0.5, 0.6) is 0 Å². The van der Waals surface area contributed by atoms with E-state index in [1.54, 1.807) is 0 Å². The van der Waals surface area contributed by atoms with Crippen LogP contribution in [0.4, 0.5) is 0 Å². The average Bonchev–Trinajstić information content (AvgIpc) is 2.74. The van der Waals surface area contributed by atoms with Crippen LogP contribution in [0, 0.1) is 0 Å². The summed E-state index contributed by atoms with van der Waals surface area (Å²) in [6.45, 7) is 1.40. The Labute approximate surface area is 120 Å². The van der Waals surface area contributed by atoms with E-state index in [0.717, 1.165) is 28.7 Å². The molecule has 1 amide bonds. The van der Waals surface area contributed by atoms with Crippen molar-refractivity contribution >= 4 is 45.6 Å². The molecule has 0 radical (unpaired) electrons. The monoisotopic (exact) mass is 338 g/mol. The SMILES string of the molecule is Cl.NCC1CCCCN1C(=O)c1sccc1Br. The highest BCUT2D eigenvalue weighted by molar-refractivity contribution is 9.10. The van der Waals surface area contributed by atoms with Crippen molar-refractivity contribution in [3.63, 3.8) is 0 Å². The van der Waals surface area contributed by atoms with E-state index in [1.165, 1.54) is 17.8 Å². The van der Waals surface area contributed by atoms with E-state index < -0.39 is 0 Å². The third-order valence-electron chi connectivity index (χ3n) is 2.97. The smallest absolute Gasteiger partial charge is 0.265 e. The summed E-state index contributed by atoms with van der Waals surface area (Å²) in [4.78, 5) is 15.0. The zero-order chi connectivity index (χ0) is 11.5. The average molecular weight is 340 g/mol. The number of likely N-dealkylation sites (tertiary alicyclic amines) is 1. The van der Waals surface area contributed by atoms with Crippen LogP contribution in [0.25, 0.3) is 0 Å². The summed E-state index contributed by atoms with van der Waals surface area (Å²) in [5.41, 5.74) is 5.72. The van der Waals surface area contributed by atoms with Crippen molar-refractivity contribution in [2.45, 2.75) is 25.3 Å². The Balaban J connectivity index is 0.00000144. The van der Waals surface area contributed by atoms with Gasteiger partial charge in [-0.15, -0.1) is 23.7 Å². The van der Waals surface area contributed by atoms with Gasteiger partial charge in [-0.05, 0) is 46.6 Å². The number of amides is 1. The number of nitrogens with two attached hydrogens (primary N) is 1. The Morgan fingerprint density at radius 3 is 2.94 bits per heavy atom. The molecule has 1 fully saturated rings. The molecule has 0 aromatic carbocycles. The van der Waals surface area contributed by atoms with Crippen molar-refractivity contribution in [3.05, 3.63) is 20.8 Å². The Morgan fingerprint density at radius 1 is 1.59 bits per heavy atom. The zero-order valence-electron chi connectivity index (χ0n) is 9.39. The molecule has 1 unspecified atom stereocenters. The molecule has 2 N–H and O–H groups in total. The van der Waals surface area contributed by atoms with E-state index in [9.17, 15) is 4.79 Å². The van der Waals surface area contributed by atoms with Crippen molar-refractivity contribution in [2.24, 2.45) is 5.73 Å². The molecule has 1 saturated heterocycles. The maximum atomic E-state index is 12.3. The van der Waals surface area contributed by atoms with Crippen LogP contribution in [0.15, 0.2) is 15.9 Å². The first-order chi connectivity index (χ1) is 7.74. The molecule has 96 valence electrons. The van der Waals surface area contributed by atoms with Crippen LogP contribution < -0.4 is 5.73 Å². The Kier molecular flexibility index (Phi) is 5.92. The van der Waals surface area contributed by atoms with Gasteiger partial charge in [0.1, 0.15) is 4.88 Å². The van der Waals surface area contributed by atoms with Crippen LogP contribution in [0.3, 0.4) is 0 Å². The van der Waals surface area contributed by atoms with Crippen LogP contribution >= 0.6 is 39.7 Å². The van der Waals surface area contributed by atoms with E-state index in [1.807, 2.05) is 16.3 Å². The summed E-state index contributed by atoms with van der Waals surface area (Å²) in [6, 6.07) is 2.13. The van der Waals surface area contributed by atoms with E-state index in [2.05, 4.69) is 15.9 Å². The molecular weight excluding hydrogens is 324 g/mol. The fraction of sp³-hybridized carbons (Fsp3) is 0.545. The number of halogens is 2. The van der Waals surface area contributed by atoms with Gasteiger partial charge in [-0.1, -0.05) is 0 Å². The summed E-state index contributed by atoms with van der Waals surface area (Å²) < 4.78 is 0.892. The molecule has 0 bridgehead atoms. The highest BCUT2D eigenvalue weighted by Gasteiger charge is 2.27. The second-order valence-corrected chi connectivity index (χ2v) is 5.75. The molecule has 1 aromatic rings. The summed E-state index contributed by atoms with van der Waals surface area (Å²) in [7, 11) is 0. The summed E-state index contributed by atoms with van der Waals surface area (Å²) in [5.74, 6) is 0.122. The Morgan fingerprint density at radius 2 is 2.35 bits per heavy atom. The number of hydrogen-bond acceptors (Lipinski definition) is 3. The first-order valence-corrected chi connectivity index (χ1v) is 7.15. The van der Waals surface area contributed by atoms with Crippen molar-refractivity contribution in [3.8, 4) is 0 Å². The maximum Gasteiger partial charge on any atom is 0.265 e. The van der Waals surface area contributed by atoms with Crippen molar-refractivity contribution in [1.29, 1.82) is 0 Å². The molecule has 1 aliphatic heterocycles. The summed E-state index contributed by atoms with van der Waals surface area (Å²) >= 11 is 4.89. The summed E-state index contributed by atoms with van der Waals surface area (Å²) in [6.07, 6.45) is 3.30. The predicted molar refractivity (Wildman–Crippen MR) is 77.0 cm³/mol. The minimum Gasteiger partial charge on any atom is -0.334 e. The number of hydrogen-bond donors (Lipinski definition) is 1. The van der Waals surface area contributed by atoms with Gasteiger partial charge in [0.05, 0.1) is 0 Å². The fourth-order valence-corrected chi connectivity index (χ4v) is 3.59. The first kappa shape index (κ1) is 15.0. The highest BCUT2D eigenvalue weighted by atomic mass is 79.9. The fourth-order valence-electron chi connectivity index (χ4n) is 2.09. The van der Waals surface area contributed by atoms with Gasteiger partial charge in [0.15, 0.2) is 0 Å². The molecule has 1 atom stereocenters. The van der Waals surface area contributed by atoms with E-state index >= 15 is 0 Å². The molecular formula is C11H16BrClN2OS. The standard InChI is InChI=1S/C11H15BrN2OS.ClH/c12-9-4-6-16-10(9)11(15)14-5-2-1-3-8(14)7-13;/h4,6,8H,1-3,5,7,13H2;1H. The van der Waals surface area contributed by atoms with Gasteiger partial charge in [0.2, 0.25) is 0 Å². The third kappa shape index (κ3) is 3.22. The van der Waals surface area contributed by atoms with Crippen LogP contribution in [-0.2, 0) is 0 Å². The van der Waals surface area contributed by atoms with Gasteiger partial charge >= 0.3 is 0 Å². The van der Waals surface area contributed by atoms with Gasteiger partial charge in [-0.25, -0.2) is 0 Å². The highest BCUT2D eigenvalue weighted by Crippen LogP contribution is 2.27. The second-order valence-electron chi connectivity index (χ2n) is 3.98. The molecule has 17 heavy (non-hydrogen) atoms. The molecule has 1 aromatic heterocycles. The van der Waals surface area contributed by atoms with Crippen molar-refractivity contribution in [2.75, 3.05) is 13.1 Å². The summed E-state index contributed by atoms with van der Waals surface area (Å²) in [5, 5.41) is 1.93. The third-order valence-corrected chi connectivity index (χ3v) is 4.80. The van der Waals surface area contributed by atoms with E-state index in [4.69, 9.17) is 5.73 Å². The minimum atomic E-state index is 0. The Bertz CT molecular complexity index is 385. The lowest BCUT2D eigenvalue weighted by atomic mass is 10.0. The molecule has 6 heteroatoms. The van der Waals surface area contributed by atoms with Gasteiger partial charge in [-0.3, -0.25) is 4.79 Å². The van der Waals surface area contributed by atoms with Crippen molar-refractivity contribution in [1.82, 2.24) is 4.90 Å². The number of piperidine rings is 1. The van der Waals surface area contributed by atoms with Gasteiger partial charge in [0.25, 0.3) is 5.91 Å². The van der Waals surface area contributed by atoms with E-state index in [0.29, 0.717) is 6.54 Å². The molecule has 2 rings (SSSR count). The van der Waals surface area contributed by atoms with Gasteiger partial charge < -0.3 is 10.6 Å². The normalized spacial score (nSPS) is 19.9. The largest absolute Gasteiger partial charge is 0.334 e. The lowest BCUT2D eigenvalue weighted by Gasteiger charge is -2.34. The topological polar surface area (TPSA) is 46.3 Å². The van der Waals surface area contributed by atoms with E-state index in [-0.39, 0.29) is 24.4 Å². The number of thiophene rings is 1. The maximum absolute atomic E-state index is 12.3. The lowest BCUT2D eigenvalue weighted by molar-refractivity contribution is 0.0627. The number of nitrogens with zero attached hydrogens (tertiary/aromatic N) is 1. The molecule has 0 aliphatic carbocycles. The molecule has 2 heterocycles. The van der Waals surface area contributed by atoms with Gasteiger partial charge in [-0.2, -0.15) is 0 Å². The number of rotatable bonds is 2. The Hall–Kier alpha value is -0.100. The van der Waals surface area contributed by atoms with Crippen LogP contribution in [-0.4, -0.2) is 29.9 Å². The second kappa shape index (κ2) is 6.73. The van der Waals surface area contributed by atoms with Crippen LogP contribution in [0.2, 0.25) is 0 Å². The number of carbonyl (C=O) groups excluding carboxylic acids is 1. The molecule has 0 spiro atoms. The van der Waals surface area contributed by atoms with Crippen molar-refractivity contribution < 1.29 is 4.79 Å². The predicted octanol–water partition coefficient (Wildman–Crippen LogP) is 2.89. The quantitative estimate of drug-likeness (QED) is 0.900. The number of carbonyl (C=O) groups is 1. The van der Waals surface area contributed by atoms with Crippen LogP contribution in [0.1, 0.15) is 28.9 Å². The van der Waals surface area contributed by atoms with Gasteiger partial charge in [0, 0.05) is 23.6 Å². The first-order valence-electron chi connectivity index (χ1n) is 5.48. The molecule has 0 saturated carbocycles. The lowest BCUT2D eigenvalue weighted by Crippen LogP contribution is -2.47.